The van der Waals surface area contributed by atoms with E-state index in [0.717, 1.165) is 0 Å². The lowest BCUT2D eigenvalue weighted by Gasteiger charge is -2.11. The lowest BCUT2D eigenvalue weighted by molar-refractivity contribution is 0.0729. The molecular weight excluding hydrogens is 372 g/mol. The minimum Gasteiger partial charge on any atom is -0.493 e. The van der Waals surface area contributed by atoms with E-state index in [0.29, 0.717) is 21.3 Å². The number of benzene rings is 2. The van der Waals surface area contributed by atoms with Crippen LogP contribution in [0.4, 0.5) is 0 Å². The Balaban J connectivity index is 2.37. The van der Waals surface area contributed by atoms with E-state index in [-0.39, 0.29) is 11.3 Å². The summed E-state index contributed by atoms with van der Waals surface area (Å²) < 4.78 is 11.2. The van der Waals surface area contributed by atoms with Crippen LogP contribution in [0.2, 0.25) is 0 Å². The normalized spacial score (nSPS) is 9.33. The number of hydrogen-bond acceptors (Lipinski definition) is 5. The summed E-state index contributed by atoms with van der Waals surface area (Å²) in [7, 11) is 1.44. The average Bonchev–Trinajstić information content (AvgIpc) is 2.61. The Labute approximate surface area is 147 Å². The summed E-state index contributed by atoms with van der Waals surface area (Å²) in [5.41, 5.74) is 0.923. The van der Waals surface area contributed by atoms with Gasteiger partial charge in [-0.05, 0) is 35.9 Å². The van der Waals surface area contributed by atoms with Crippen LogP contribution in [0.25, 0.3) is 6.08 Å². The molecule has 5 nitrogen and oxygen atoms in total. The van der Waals surface area contributed by atoms with Gasteiger partial charge in [-0.2, -0.15) is 10.5 Å². The second-order valence-electron chi connectivity index (χ2n) is 4.56. The van der Waals surface area contributed by atoms with E-state index in [9.17, 15) is 4.79 Å². The number of rotatable bonds is 4. The van der Waals surface area contributed by atoms with Gasteiger partial charge in [-0.25, -0.2) is 4.79 Å². The van der Waals surface area contributed by atoms with Gasteiger partial charge in [-0.3, -0.25) is 0 Å². The van der Waals surface area contributed by atoms with Crippen molar-refractivity contribution in [3.8, 4) is 23.6 Å². The minimum absolute atomic E-state index is 0.0493. The molecule has 0 heterocycles. The number of nitrogens with zero attached hydrogens (tertiary/aromatic N) is 2. The van der Waals surface area contributed by atoms with Crippen LogP contribution in [-0.2, 0) is 0 Å². The monoisotopic (exact) mass is 382 g/mol. The van der Waals surface area contributed by atoms with Gasteiger partial charge in [0.1, 0.15) is 17.7 Å². The Kier molecular flexibility index (Phi) is 5.73. The van der Waals surface area contributed by atoms with Gasteiger partial charge in [0.25, 0.3) is 0 Å². The van der Waals surface area contributed by atoms with Crippen LogP contribution in [0.1, 0.15) is 15.9 Å². The maximum Gasteiger partial charge on any atom is 0.343 e. The molecule has 2 rings (SSSR count). The number of esters is 1. The van der Waals surface area contributed by atoms with Crippen LogP contribution in [0, 0.1) is 22.7 Å². The molecule has 0 radical (unpaired) electrons. The van der Waals surface area contributed by atoms with Crippen LogP contribution in [0.15, 0.2) is 52.5 Å². The second-order valence-corrected chi connectivity index (χ2v) is 5.42. The highest BCUT2D eigenvalue weighted by molar-refractivity contribution is 9.10. The van der Waals surface area contributed by atoms with Crippen molar-refractivity contribution in [2.45, 2.75) is 0 Å². The predicted molar refractivity (Wildman–Crippen MR) is 91.3 cm³/mol. The lowest BCUT2D eigenvalue weighted by atomic mass is 10.1. The number of methoxy groups -OCH3 is 1. The van der Waals surface area contributed by atoms with Crippen LogP contribution in [-0.4, -0.2) is 13.1 Å². The van der Waals surface area contributed by atoms with E-state index in [1.54, 1.807) is 54.6 Å². The van der Waals surface area contributed by atoms with Gasteiger partial charge in [0.2, 0.25) is 0 Å². The van der Waals surface area contributed by atoms with Gasteiger partial charge in [0, 0.05) is 4.47 Å². The van der Waals surface area contributed by atoms with Gasteiger partial charge in [0.05, 0.1) is 12.7 Å². The smallest absolute Gasteiger partial charge is 0.343 e. The summed E-state index contributed by atoms with van der Waals surface area (Å²) in [6.45, 7) is 0. The number of nitriles is 2. The molecule has 0 atom stereocenters. The predicted octanol–water partition coefficient (Wildman–Crippen LogP) is 4.11. The van der Waals surface area contributed by atoms with E-state index in [2.05, 4.69) is 15.9 Å². The summed E-state index contributed by atoms with van der Waals surface area (Å²) in [6.07, 6.45) is 1.41. The van der Waals surface area contributed by atoms with Gasteiger partial charge < -0.3 is 9.47 Å². The van der Waals surface area contributed by atoms with Gasteiger partial charge in [-0.15, -0.1) is 0 Å². The number of carbonyl (C=O) groups excluding carboxylic acids is 1. The number of allylic oxidation sites excluding steroid dienone is 1. The zero-order chi connectivity index (χ0) is 17.5. The third-order valence-corrected chi connectivity index (χ3v) is 3.72. The average molecular weight is 383 g/mol. The summed E-state index contributed by atoms with van der Waals surface area (Å²) in [4.78, 5) is 12.2. The van der Waals surface area contributed by atoms with Crippen molar-refractivity contribution >= 4 is 28.0 Å². The molecule has 0 bridgehead atoms. The molecule has 0 fully saturated rings. The molecule has 6 heteroatoms. The molecule has 0 spiro atoms. The fraction of sp³-hybridized carbons (Fsp3) is 0.0556. The van der Waals surface area contributed by atoms with Crippen molar-refractivity contribution in [2.75, 3.05) is 7.11 Å². The first-order chi connectivity index (χ1) is 11.6. The van der Waals surface area contributed by atoms with Gasteiger partial charge in [0.15, 0.2) is 11.5 Å². The third kappa shape index (κ3) is 4.01. The first-order valence-electron chi connectivity index (χ1n) is 6.75. The highest BCUT2D eigenvalue weighted by atomic mass is 79.9. The first kappa shape index (κ1) is 17.3. The molecule has 0 saturated heterocycles. The summed E-state index contributed by atoms with van der Waals surface area (Å²) in [6, 6.07) is 15.3. The molecule has 0 aliphatic carbocycles. The van der Waals surface area contributed by atoms with E-state index < -0.39 is 5.97 Å². The van der Waals surface area contributed by atoms with E-state index in [4.69, 9.17) is 20.0 Å². The van der Waals surface area contributed by atoms with Crippen molar-refractivity contribution < 1.29 is 14.3 Å². The van der Waals surface area contributed by atoms with E-state index in [1.807, 2.05) is 0 Å². The Bertz CT molecular complexity index is 862. The summed E-state index contributed by atoms with van der Waals surface area (Å²) >= 11 is 3.33. The molecule has 0 N–H and O–H groups in total. The molecule has 0 unspecified atom stereocenters. The fourth-order valence-corrected chi connectivity index (χ4v) is 2.32. The fourth-order valence-electron chi connectivity index (χ4n) is 1.88. The number of carbonyl (C=O) groups is 1. The number of ether oxygens (including phenoxy) is 2. The molecular formula is C18H11BrN2O3. The maximum absolute atomic E-state index is 12.2. The molecule has 2 aromatic rings. The maximum atomic E-state index is 12.2. The summed E-state index contributed by atoms with van der Waals surface area (Å²) in [5, 5.41) is 17.7. The molecule has 0 amide bonds. The zero-order valence-corrected chi connectivity index (χ0v) is 14.2. The van der Waals surface area contributed by atoms with E-state index in [1.165, 1.54) is 13.2 Å². The standard InChI is InChI=1S/C18H11BrN2O3/c1-23-16-8-14(7-12(10-20)11-21)15(19)9-17(16)24-18(22)13-5-3-2-4-6-13/h2-9H,1H3. The Morgan fingerprint density at radius 2 is 1.79 bits per heavy atom. The third-order valence-electron chi connectivity index (χ3n) is 3.04. The SMILES string of the molecule is COc1cc(C=C(C#N)C#N)c(Br)cc1OC(=O)c1ccccc1. The highest BCUT2D eigenvalue weighted by Crippen LogP contribution is 2.35. The molecule has 24 heavy (non-hydrogen) atoms. The van der Waals surface area contributed by atoms with Crippen molar-refractivity contribution in [3.63, 3.8) is 0 Å². The van der Waals surface area contributed by atoms with Crippen molar-refractivity contribution in [2.24, 2.45) is 0 Å². The van der Waals surface area contributed by atoms with Crippen molar-refractivity contribution in [1.82, 2.24) is 0 Å². The molecule has 0 aromatic heterocycles. The van der Waals surface area contributed by atoms with Crippen LogP contribution < -0.4 is 9.47 Å². The molecule has 2 aromatic carbocycles. The van der Waals surface area contributed by atoms with Gasteiger partial charge >= 0.3 is 5.97 Å². The van der Waals surface area contributed by atoms with Crippen molar-refractivity contribution in [3.05, 3.63) is 63.6 Å². The summed E-state index contributed by atoms with van der Waals surface area (Å²) in [5.74, 6) is 0.0219. The Hall–Kier alpha value is -3.09. The molecule has 0 saturated carbocycles. The topological polar surface area (TPSA) is 83.1 Å². The quantitative estimate of drug-likeness (QED) is 0.451. The van der Waals surface area contributed by atoms with Gasteiger partial charge in [-0.1, -0.05) is 34.1 Å². The first-order valence-corrected chi connectivity index (χ1v) is 7.55. The van der Waals surface area contributed by atoms with Crippen LogP contribution in [0.5, 0.6) is 11.5 Å². The lowest BCUT2D eigenvalue weighted by Crippen LogP contribution is -2.09. The van der Waals surface area contributed by atoms with Crippen LogP contribution >= 0.6 is 15.9 Å². The molecule has 0 aliphatic heterocycles. The second kappa shape index (κ2) is 7.96. The zero-order valence-electron chi connectivity index (χ0n) is 12.6. The largest absolute Gasteiger partial charge is 0.493 e. The van der Waals surface area contributed by atoms with Crippen LogP contribution in [0.3, 0.4) is 0 Å². The number of hydrogen-bond donors (Lipinski definition) is 0. The molecule has 0 aliphatic rings. The molecule has 118 valence electrons. The minimum atomic E-state index is -0.515. The highest BCUT2D eigenvalue weighted by Gasteiger charge is 2.15. The Morgan fingerprint density at radius 3 is 2.38 bits per heavy atom. The Morgan fingerprint density at radius 1 is 1.12 bits per heavy atom. The number of halogens is 1. The van der Waals surface area contributed by atoms with Crippen molar-refractivity contribution in [1.29, 1.82) is 10.5 Å². The van der Waals surface area contributed by atoms with E-state index >= 15 is 0 Å².